The van der Waals surface area contributed by atoms with Crippen molar-refractivity contribution >= 4 is 51.8 Å². The number of thiophene rings is 1. The van der Waals surface area contributed by atoms with E-state index in [1.807, 2.05) is 0 Å². The van der Waals surface area contributed by atoms with Gasteiger partial charge in [0.05, 0.1) is 0 Å². The maximum atomic E-state index is 12.0. The van der Waals surface area contributed by atoms with Gasteiger partial charge in [-0.05, 0) is 23.8 Å². The van der Waals surface area contributed by atoms with Gasteiger partial charge < -0.3 is 5.11 Å². The molecule has 3 heterocycles. The smallest absolute Gasteiger partial charge is 0.339 e. The zero-order valence-electron chi connectivity index (χ0n) is 13.6. The average Bonchev–Trinajstić information content (AvgIpc) is 3.27. The number of aromatic carboxylic acids is 1. The number of carboxylic acids is 1. The van der Waals surface area contributed by atoms with Gasteiger partial charge in [-0.25, -0.2) is 14.3 Å². The Balaban J connectivity index is 1.85. The molecule has 0 aliphatic carbocycles. The van der Waals surface area contributed by atoms with Crippen molar-refractivity contribution in [2.45, 2.75) is 0 Å². The van der Waals surface area contributed by atoms with Crippen LogP contribution in [0.25, 0.3) is 16.8 Å². The Kier molecular flexibility index (Phi) is 4.35. The molecule has 134 valence electrons. The van der Waals surface area contributed by atoms with Crippen molar-refractivity contribution in [3.8, 4) is 11.1 Å². The van der Waals surface area contributed by atoms with Gasteiger partial charge in [0.2, 0.25) is 6.41 Å². The highest BCUT2D eigenvalue weighted by Crippen LogP contribution is 2.40. The number of hydrogen-bond donors (Lipinski definition) is 1. The number of carbonyl (C=O) groups is 2. The summed E-state index contributed by atoms with van der Waals surface area (Å²) in [4.78, 5) is 29.1. The van der Waals surface area contributed by atoms with Gasteiger partial charge in [0.15, 0.2) is 11.5 Å². The molecule has 1 amide bonds. The molecule has 9 heteroatoms. The van der Waals surface area contributed by atoms with E-state index in [1.54, 1.807) is 54.2 Å². The molecular formula is C18H11ClN4O3S. The van der Waals surface area contributed by atoms with Gasteiger partial charge in [-0.15, -0.1) is 16.4 Å². The van der Waals surface area contributed by atoms with Crippen molar-refractivity contribution in [3.05, 3.63) is 64.8 Å². The third-order valence-electron chi connectivity index (χ3n) is 3.93. The molecule has 7 nitrogen and oxygen atoms in total. The third kappa shape index (κ3) is 3.05. The number of amides is 1. The molecule has 0 bridgehead atoms. The Morgan fingerprint density at radius 1 is 1.30 bits per heavy atom. The first-order valence-corrected chi connectivity index (χ1v) is 9.00. The van der Waals surface area contributed by atoms with Crippen LogP contribution in [0.4, 0.5) is 10.8 Å². The molecule has 0 saturated heterocycles. The predicted molar refractivity (Wildman–Crippen MR) is 103 cm³/mol. The van der Waals surface area contributed by atoms with Crippen LogP contribution in [0.2, 0.25) is 5.02 Å². The second-order valence-electron chi connectivity index (χ2n) is 5.54. The topological polar surface area (TPSA) is 87.8 Å². The summed E-state index contributed by atoms with van der Waals surface area (Å²) in [5, 5.41) is 16.6. The van der Waals surface area contributed by atoms with E-state index in [-0.39, 0.29) is 16.4 Å². The molecule has 4 rings (SSSR count). The molecule has 0 aliphatic rings. The van der Waals surface area contributed by atoms with E-state index in [9.17, 15) is 14.7 Å². The van der Waals surface area contributed by atoms with Crippen LogP contribution in [0.1, 0.15) is 10.4 Å². The quantitative estimate of drug-likeness (QED) is 0.511. The fraction of sp³-hybridized carbons (Fsp3) is 0. The highest BCUT2D eigenvalue weighted by atomic mass is 35.5. The first-order chi connectivity index (χ1) is 13.1. The van der Waals surface area contributed by atoms with Crippen LogP contribution in [-0.4, -0.2) is 32.1 Å². The van der Waals surface area contributed by atoms with E-state index in [1.165, 1.54) is 9.42 Å². The number of rotatable bonds is 5. The van der Waals surface area contributed by atoms with E-state index >= 15 is 0 Å². The number of fused-ring (bicyclic) bond motifs is 1. The lowest BCUT2D eigenvalue weighted by Gasteiger charge is -2.13. The summed E-state index contributed by atoms with van der Waals surface area (Å²) < 4.78 is 1.51. The molecule has 0 unspecified atom stereocenters. The minimum atomic E-state index is -1.13. The molecule has 0 spiro atoms. The second kappa shape index (κ2) is 6.82. The van der Waals surface area contributed by atoms with E-state index in [4.69, 9.17) is 11.6 Å². The number of nitrogens with zero attached hydrogens (tertiary/aromatic N) is 4. The average molecular weight is 399 g/mol. The third-order valence-corrected chi connectivity index (χ3v) is 5.16. The Morgan fingerprint density at radius 3 is 2.74 bits per heavy atom. The van der Waals surface area contributed by atoms with Gasteiger partial charge >= 0.3 is 5.97 Å². The van der Waals surface area contributed by atoms with Crippen molar-refractivity contribution in [1.82, 2.24) is 14.6 Å². The molecule has 4 aromatic rings. The van der Waals surface area contributed by atoms with Crippen molar-refractivity contribution in [2.24, 2.45) is 0 Å². The number of halogens is 1. The summed E-state index contributed by atoms with van der Waals surface area (Å²) in [7, 11) is 0. The number of anilines is 2. The summed E-state index contributed by atoms with van der Waals surface area (Å²) in [5.41, 5.74) is 1.78. The molecule has 0 saturated carbocycles. The Morgan fingerprint density at radius 2 is 2.07 bits per heavy atom. The van der Waals surface area contributed by atoms with Gasteiger partial charge in [-0.1, -0.05) is 23.7 Å². The standard InChI is InChI=1S/C18H11ClN4O3S/c19-12-4-2-11(3-5-12)13-9-27-17(16(13)18(25)26)22(10-24)15-8-14-20-6-1-7-23(14)21-15/h1-10H,(H,25,26). The van der Waals surface area contributed by atoms with E-state index < -0.39 is 5.97 Å². The van der Waals surface area contributed by atoms with Gasteiger partial charge in [0, 0.05) is 34.4 Å². The zero-order chi connectivity index (χ0) is 19.0. The Labute approximate surface area is 162 Å². The first-order valence-electron chi connectivity index (χ1n) is 7.74. The summed E-state index contributed by atoms with van der Waals surface area (Å²) in [6.45, 7) is 0. The maximum absolute atomic E-state index is 12.0. The molecule has 1 N–H and O–H groups in total. The van der Waals surface area contributed by atoms with Crippen molar-refractivity contribution in [3.63, 3.8) is 0 Å². The van der Waals surface area contributed by atoms with E-state index in [0.717, 1.165) is 11.3 Å². The molecule has 0 atom stereocenters. The summed E-state index contributed by atoms with van der Waals surface area (Å²) >= 11 is 7.07. The molecule has 27 heavy (non-hydrogen) atoms. The minimum Gasteiger partial charge on any atom is -0.478 e. The van der Waals surface area contributed by atoms with E-state index in [2.05, 4.69) is 10.1 Å². The maximum Gasteiger partial charge on any atom is 0.339 e. The largest absolute Gasteiger partial charge is 0.478 e. The van der Waals surface area contributed by atoms with Crippen molar-refractivity contribution in [1.29, 1.82) is 0 Å². The second-order valence-corrected chi connectivity index (χ2v) is 6.84. The molecule has 3 aromatic heterocycles. The first kappa shape index (κ1) is 17.2. The lowest BCUT2D eigenvalue weighted by molar-refractivity contribution is -0.106. The SMILES string of the molecule is O=CN(c1cc2ncccn2n1)c1scc(-c2ccc(Cl)cc2)c1C(=O)O. The molecule has 1 aromatic carbocycles. The van der Waals surface area contributed by atoms with Crippen LogP contribution >= 0.6 is 22.9 Å². The highest BCUT2D eigenvalue weighted by molar-refractivity contribution is 7.15. The number of carboxylic acid groups (broad SMARTS) is 1. The zero-order valence-corrected chi connectivity index (χ0v) is 15.2. The fourth-order valence-electron chi connectivity index (χ4n) is 2.71. The van der Waals surface area contributed by atoms with Gasteiger partial charge in [-0.2, -0.15) is 0 Å². The monoisotopic (exact) mass is 398 g/mol. The fourth-order valence-corrected chi connectivity index (χ4v) is 3.89. The molecule has 0 radical (unpaired) electrons. The molecule has 0 fully saturated rings. The Bertz CT molecular complexity index is 1120. The highest BCUT2D eigenvalue weighted by Gasteiger charge is 2.26. The lowest BCUT2D eigenvalue weighted by Crippen LogP contribution is -2.16. The van der Waals surface area contributed by atoms with Crippen LogP contribution in [0, 0.1) is 0 Å². The lowest BCUT2D eigenvalue weighted by atomic mass is 10.0. The van der Waals surface area contributed by atoms with Gasteiger partial charge in [0.1, 0.15) is 10.6 Å². The summed E-state index contributed by atoms with van der Waals surface area (Å²) in [5.74, 6) is -0.847. The van der Waals surface area contributed by atoms with Crippen LogP contribution in [-0.2, 0) is 4.79 Å². The van der Waals surface area contributed by atoms with Gasteiger partial charge in [-0.3, -0.25) is 9.69 Å². The van der Waals surface area contributed by atoms with Crippen LogP contribution in [0.5, 0.6) is 0 Å². The Hall–Kier alpha value is -3.23. The van der Waals surface area contributed by atoms with Crippen LogP contribution in [0.15, 0.2) is 54.2 Å². The van der Waals surface area contributed by atoms with E-state index in [0.29, 0.717) is 28.2 Å². The number of carbonyl (C=O) groups excluding carboxylic acids is 1. The van der Waals surface area contributed by atoms with Gasteiger partial charge in [0.25, 0.3) is 0 Å². The van der Waals surface area contributed by atoms with Crippen LogP contribution < -0.4 is 4.90 Å². The predicted octanol–water partition coefficient (Wildman–Crippen LogP) is 4.10. The molecule has 0 aliphatic heterocycles. The summed E-state index contributed by atoms with van der Waals surface area (Å²) in [6.07, 6.45) is 3.85. The minimum absolute atomic E-state index is 0.0273. The normalized spacial score (nSPS) is 10.9. The number of aromatic nitrogens is 3. The van der Waals surface area contributed by atoms with Crippen molar-refractivity contribution < 1.29 is 14.7 Å². The van der Waals surface area contributed by atoms with Crippen LogP contribution in [0.3, 0.4) is 0 Å². The number of hydrogen-bond acceptors (Lipinski definition) is 5. The molecular weight excluding hydrogens is 388 g/mol. The van der Waals surface area contributed by atoms with Crippen molar-refractivity contribution in [2.75, 3.05) is 4.90 Å². The number of benzene rings is 1. The summed E-state index contributed by atoms with van der Waals surface area (Å²) in [6, 6.07) is 10.2.